The molecule has 2 aromatic carbocycles. The molecular formula is C21H24FN3O2. The third-order valence-corrected chi connectivity index (χ3v) is 4.32. The highest BCUT2D eigenvalue weighted by Crippen LogP contribution is 2.27. The summed E-state index contributed by atoms with van der Waals surface area (Å²) in [5.74, 6) is 1.59. The average molecular weight is 369 g/mol. The van der Waals surface area contributed by atoms with Gasteiger partial charge in [-0.1, -0.05) is 36.3 Å². The topological polar surface area (TPSA) is 51.4 Å². The second-order valence-electron chi connectivity index (χ2n) is 6.37. The summed E-state index contributed by atoms with van der Waals surface area (Å²) in [5.41, 5.74) is 1.79. The second kappa shape index (κ2) is 9.28. The highest BCUT2D eigenvalue weighted by molar-refractivity contribution is 5.63. The van der Waals surface area contributed by atoms with Gasteiger partial charge in [-0.05, 0) is 49.2 Å². The molecule has 0 unspecified atom stereocenters. The van der Waals surface area contributed by atoms with Crippen molar-refractivity contribution in [2.24, 2.45) is 0 Å². The third-order valence-electron chi connectivity index (χ3n) is 4.32. The molecule has 142 valence electrons. The van der Waals surface area contributed by atoms with E-state index in [2.05, 4.69) is 22.0 Å². The van der Waals surface area contributed by atoms with Gasteiger partial charge in [0.1, 0.15) is 11.6 Å². The first-order valence-corrected chi connectivity index (χ1v) is 9.12. The van der Waals surface area contributed by atoms with E-state index >= 15 is 0 Å². The normalized spacial score (nSPS) is 11.1. The summed E-state index contributed by atoms with van der Waals surface area (Å²) in [6, 6.07) is 14.3. The maximum Gasteiger partial charge on any atom is 0.241 e. The Morgan fingerprint density at radius 3 is 2.74 bits per heavy atom. The number of rotatable bonds is 9. The van der Waals surface area contributed by atoms with Crippen molar-refractivity contribution in [1.29, 1.82) is 0 Å². The van der Waals surface area contributed by atoms with E-state index in [0.29, 0.717) is 24.0 Å². The molecule has 27 heavy (non-hydrogen) atoms. The van der Waals surface area contributed by atoms with Gasteiger partial charge in [-0.3, -0.25) is 4.90 Å². The lowest BCUT2D eigenvalue weighted by atomic mass is 10.1. The maximum absolute atomic E-state index is 13.4. The van der Waals surface area contributed by atoms with Crippen molar-refractivity contribution in [3.05, 3.63) is 65.8 Å². The van der Waals surface area contributed by atoms with Gasteiger partial charge >= 0.3 is 0 Å². The van der Waals surface area contributed by atoms with Crippen molar-refractivity contribution < 1.29 is 13.7 Å². The zero-order valence-electron chi connectivity index (χ0n) is 15.7. The zero-order valence-corrected chi connectivity index (χ0v) is 15.7. The predicted octanol–water partition coefficient (Wildman–Crippen LogP) is 4.34. The fourth-order valence-electron chi connectivity index (χ4n) is 3.01. The Hall–Kier alpha value is -2.73. The van der Waals surface area contributed by atoms with E-state index in [9.17, 15) is 4.39 Å². The molecule has 0 N–H and O–H groups in total. The number of methoxy groups -OCH3 is 1. The summed E-state index contributed by atoms with van der Waals surface area (Å²) >= 11 is 0. The van der Waals surface area contributed by atoms with Crippen LogP contribution in [0.3, 0.4) is 0 Å². The first-order valence-electron chi connectivity index (χ1n) is 9.12. The molecule has 0 atom stereocenters. The maximum atomic E-state index is 13.4. The van der Waals surface area contributed by atoms with E-state index in [1.165, 1.54) is 6.07 Å². The summed E-state index contributed by atoms with van der Waals surface area (Å²) < 4.78 is 24.2. The molecule has 3 aromatic rings. The lowest BCUT2D eigenvalue weighted by Crippen LogP contribution is -2.26. The minimum Gasteiger partial charge on any atom is -0.496 e. The Balaban J connectivity index is 1.67. The number of benzene rings is 2. The number of hydrogen-bond donors (Lipinski definition) is 0. The van der Waals surface area contributed by atoms with Gasteiger partial charge in [-0.25, -0.2) is 4.39 Å². The molecule has 3 rings (SSSR count). The standard InChI is InChI=1S/C21H24FN3O2/c1-3-12-25(13-11-16-7-6-8-17(22)14-16)15-20-23-21(24-27-20)18-9-4-5-10-19(18)26-2/h4-10,14H,3,11-13,15H2,1-2H3. The molecule has 0 aliphatic carbocycles. The molecule has 0 saturated heterocycles. The van der Waals surface area contributed by atoms with Crippen LogP contribution in [0.2, 0.25) is 0 Å². The molecule has 0 spiro atoms. The van der Waals surface area contributed by atoms with E-state index in [1.807, 2.05) is 30.3 Å². The van der Waals surface area contributed by atoms with Crippen LogP contribution in [-0.2, 0) is 13.0 Å². The van der Waals surface area contributed by atoms with Gasteiger partial charge in [0, 0.05) is 6.54 Å². The first-order chi connectivity index (χ1) is 13.2. The molecule has 5 nitrogen and oxygen atoms in total. The van der Waals surface area contributed by atoms with Gasteiger partial charge in [0.05, 0.1) is 19.2 Å². The largest absolute Gasteiger partial charge is 0.496 e. The predicted molar refractivity (Wildman–Crippen MR) is 102 cm³/mol. The van der Waals surface area contributed by atoms with Crippen LogP contribution in [0.25, 0.3) is 11.4 Å². The van der Waals surface area contributed by atoms with Crippen LogP contribution in [0.4, 0.5) is 4.39 Å². The van der Waals surface area contributed by atoms with Crippen LogP contribution in [0.1, 0.15) is 24.8 Å². The van der Waals surface area contributed by atoms with Gasteiger partial charge in [-0.2, -0.15) is 4.98 Å². The number of nitrogens with zero attached hydrogens (tertiary/aromatic N) is 3. The summed E-state index contributed by atoms with van der Waals surface area (Å²) in [5, 5.41) is 4.10. The van der Waals surface area contributed by atoms with Crippen LogP contribution in [-0.4, -0.2) is 35.2 Å². The van der Waals surface area contributed by atoms with Crippen molar-refractivity contribution in [2.75, 3.05) is 20.2 Å². The molecule has 0 aliphatic rings. The van der Waals surface area contributed by atoms with E-state index in [4.69, 9.17) is 9.26 Å². The molecule has 0 saturated carbocycles. The molecule has 0 bridgehead atoms. The van der Waals surface area contributed by atoms with Gasteiger partial charge in [0.2, 0.25) is 11.7 Å². The van der Waals surface area contributed by atoms with Crippen molar-refractivity contribution >= 4 is 0 Å². The summed E-state index contributed by atoms with van der Waals surface area (Å²) in [7, 11) is 1.62. The van der Waals surface area contributed by atoms with Gasteiger partial charge in [0.15, 0.2) is 0 Å². The summed E-state index contributed by atoms with van der Waals surface area (Å²) in [6.07, 6.45) is 1.78. The molecule has 1 aromatic heterocycles. The molecule has 0 radical (unpaired) electrons. The highest BCUT2D eigenvalue weighted by Gasteiger charge is 2.15. The van der Waals surface area contributed by atoms with E-state index < -0.39 is 0 Å². The number of hydrogen-bond acceptors (Lipinski definition) is 5. The molecule has 0 aliphatic heterocycles. The van der Waals surface area contributed by atoms with E-state index in [-0.39, 0.29) is 5.82 Å². The van der Waals surface area contributed by atoms with Crippen LogP contribution in [0, 0.1) is 5.82 Å². The summed E-state index contributed by atoms with van der Waals surface area (Å²) in [4.78, 5) is 6.76. The van der Waals surface area contributed by atoms with Gasteiger partial charge in [-0.15, -0.1) is 0 Å². The average Bonchev–Trinajstić information content (AvgIpc) is 3.14. The zero-order chi connectivity index (χ0) is 19.1. The fraction of sp³-hybridized carbons (Fsp3) is 0.333. The Morgan fingerprint density at radius 1 is 1.11 bits per heavy atom. The molecule has 0 fully saturated rings. The smallest absolute Gasteiger partial charge is 0.241 e. The Kier molecular flexibility index (Phi) is 6.54. The minimum absolute atomic E-state index is 0.201. The van der Waals surface area contributed by atoms with Crippen molar-refractivity contribution in [3.63, 3.8) is 0 Å². The monoisotopic (exact) mass is 369 g/mol. The third kappa shape index (κ3) is 5.14. The lowest BCUT2D eigenvalue weighted by molar-refractivity contribution is 0.229. The van der Waals surface area contributed by atoms with Crippen molar-refractivity contribution in [2.45, 2.75) is 26.3 Å². The van der Waals surface area contributed by atoms with Crippen LogP contribution >= 0.6 is 0 Å². The second-order valence-corrected chi connectivity index (χ2v) is 6.37. The number of ether oxygens (including phenoxy) is 1. The minimum atomic E-state index is -0.201. The van der Waals surface area contributed by atoms with Gasteiger partial charge in [0.25, 0.3) is 0 Å². The van der Waals surface area contributed by atoms with Gasteiger partial charge < -0.3 is 9.26 Å². The number of para-hydroxylation sites is 1. The number of aromatic nitrogens is 2. The Bertz CT molecular complexity index is 866. The fourth-order valence-corrected chi connectivity index (χ4v) is 3.01. The van der Waals surface area contributed by atoms with Crippen LogP contribution in [0.5, 0.6) is 5.75 Å². The lowest BCUT2D eigenvalue weighted by Gasteiger charge is -2.19. The van der Waals surface area contributed by atoms with Crippen molar-refractivity contribution in [1.82, 2.24) is 15.0 Å². The van der Waals surface area contributed by atoms with E-state index in [1.54, 1.807) is 19.2 Å². The van der Waals surface area contributed by atoms with Crippen molar-refractivity contribution in [3.8, 4) is 17.1 Å². The molecule has 0 amide bonds. The Morgan fingerprint density at radius 2 is 1.96 bits per heavy atom. The molecule has 1 heterocycles. The highest BCUT2D eigenvalue weighted by atomic mass is 19.1. The SMILES string of the molecule is CCCN(CCc1cccc(F)c1)Cc1nc(-c2ccccc2OC)no1. The quantitative estimate of drug-likeness (QED) is 0.562. The molecule has 6 heteroatoms. The molecular weight excluding hydrogens is 345 g/mol. The Labute approximate surface area is 158 Å². The number of halogens is 1. The first kappa shape index (κ1) is 19.0. The van der Waals surface area contributed by atoms with Crippen LogP contribution < -0.4 is 4.74 Å². The summed E-state index contributed by atoms with van der Waals surface area (Å²) in [6.45, 7) is 4.39. The van der Waals surface area contributed by atoms with Crippen LogP contribution in [0.15, 0.2) is 53.1 Å². The van der Waals surface area contributed by atoms with E-state index in [0.717, 1.165) is 37.1 Å².